The van der Waals surface area contributed by atoms with E-state index in [9.17, 15) is 0 Å². The first-order valence-corrected chi connectivity index (χ1v) is 5.84. The maximum atomic E-state index is 3.65. The van der Waals surface area contributed by atoms with Crippen molar-refractivity contribution in [1.29, 1.82) is 0 Å². The van der Waals surface area contributed by atoms with Crippen LogP contribution in [0.4, 0.5) is 0 Å². The Morgan fingerprint density at radius 1 is 1.50 bits per heavy atom. The largest absolute Gasteiger partial charge is 0.310 e. The summed E-state index contributed by atoms with van der Waals surface area (Å²) in [7, 11) is 2.19. The number of nitrogens with zero attached hydrogens (tertiary/aromatic N) is 1. The molecule has 1 aliphatic carbocycles. The molecule has 0 unspecified atom stereocenters. The van der Waals surface area contributed by atoms with E-state index in [0.29, 0.717) is 0 Å². The van der Waals surface area contributed by atoms with Crippen molar-refractivity contribution in [1.82, 2.24) is 10.2 Å². The fourth-order valence-electron chi connectivity index (χ4n) is 2.32. The van der Waals surface area contributed by atoms with Gasteiger partial charge in [-0.1, -0.05) is 18.6 Å². The lowest BCUT2D eigenvalue weighted by Crippen LogP contribution is -2.41. The summed E-state index contributed by atoms with van der Waals surface area (Å²) >= 11 is 0. The van der Waals surface area contributed by atoms with E-state index in [-0.39, 0.29) is 0 Å². The van der Waals surface area contributed by atoms with Gasteiger partial charge in [-0.15, -0.1) is 0 Å². The molecule has 0 bridgehead atoms. The summed E-state index contributed by atoms with van der Waals surface area (Å²) in [5, 5.41) is 3.65. The van der Waals surface area contributed by atoms with Gasteiger partial charge in [0.05, 0.1) is 0 Å². The molecule has 0 aromatic heterocycles. The Kier molecular flexibility index (Phi) is 3.24. The van der Waals surface area contributed by atoms with Crippen LogP contribution < -0.4 is 5.32 Å². The molecule has 80 valence electrons. The predicted octanol–water partition coefficient (Wildman–Crippen LogP) is 1.64. The minimum absolute atomic E-state index is 0.811. The monoisotopic (exact) mass is 194 g/mol. The third-order valence-corrected chi connectivity index (χ3v) is 3.50. The van der Waals surface area contributed by atoms with Crippen LogP contribution in [0.3, 0.4) is 0 Å². The van der Waals surface area contributed by atoms with Gasteiger partial charge >= 0.3 is 0 Å². The van der Waals surface area contributed by atoms with Crippen LogP contribution in [0.15, 0.2) is 11.6 Å². The van der Waals surface area contributed by atoms with Crippen LogP contribution >= 0.6 is 0 Å². The maximum Gasteiger partial charge on any atom is 0.0168 e. The average Bonchev–Trinajstić information content (AvgIpc) is 2.13. The van der Waals surface area contributed by atoms with E-state index in [1.165, 1.54) is 25.8 Å². The van der Waals surface area contributed by atoms with E-state index >= 15 is 0 Å². The summed E-state index contributed by atoms with van der Waals surface area (Å²) in [5.74, 6) is 0.957. The normalized spacial score (nSPS) is 33.7. The lowest BCUT2D eigenvalue weighted by atomic mass is 9.82. The van der Waals surface area contributed by atoms with Gasteiger partial charge in [0.15, 0.2) is 0 Å². The minimum atomic E-state index is 0.811. The zero-order valence-electron chi connectivity index (χ0n) is 9.42. The number of likely N-dealkylation sites (N-methyl/N-ethyl adjacent to an activating group) is 1. The van der Waals surface area contributed by atoms with E-state index < -0.39 is 0 Å². The van der Waals surface area contributed by atoms with E-state index in [2.05, 4.69) is 30.3 Å². The van der Waals surface area contributed by atoms with Gasteiger partial charge in [-0.2, -0.15) is 0 Å². The molecule has 2 rings (SSSR count). The molecular weight excluding hydrogens is 172 g/mol. The van der Waals surface area contributed by atoms with Gasteiger partial charge < -0.3 is 10.2 Å². The Balaban J connectivity index is 1.66. The molecular formula is C12H22N2. The molecule has 1 saturated carbocycles. The van der Waals surface area contributed by atoms with Crippen LogP contribution in [0.25, 0.3) is 0 Å². The molecule has 0 aromatic rings. The molecule has 1 aliphatic heterocycles. The van der Waals surface area contributed by atoms with E-state index in [1.807, 2.05) is 0 Å². The zero-order valence-corrected chi connectivity index (χ0v) is 9.42. The van der Waals surface area contributed by atoms with Crippen LogP contribution in [0.2, 0.25) is 0 Å². The second-order valence-electron chi connectivity index (χ2n) is 5.03. The van der Waals surface area contributed by atoms with Gasteiger partial charge in [-0.05, 0) is 32.2 Å². The minimum Gasteiger partial charge on any atom is -0.310 e. The van der Waals surface area contributed by atoms with Crippen LogP contribution in [0.1, 0.15) is 26.2 Å². The summed E-state index contributed by atoms with van der Waals surface area (Å²) in [6, 6.07) is 0.811. The second-order valence-corrected chi connectivity index (χ2v) is 5.03. The van der Waals surface area contributed by atoms with Crippen molar-refractivity contribution in [3.05, 3.63) is 11.6 Å². The highest BCUT2D eigenvalue weighted by Crippen LogP contribution is 2.26. The van der Waals surface area contributed by atoms with Crippen LogP contribution in [-0.2, 0) is 0 Å². The summed E-state index contributed by atoms with van der Waals surface area (Å²) in [5.41, 5.74) is 1.61. The van der Waals surface area contributed by atoms with Crippen LogP contribution in [0.5, 0.6) is 0 Å². The predicted molar refractivity (Wildman–Crippen MR) is 60.4 cm³/mol. The van der Waals surface area contributed by atoms with Crippen molar-refractivity contribution in [3.8, 4) is 0 Å². The maximum absolute atomic E-state index is 3.65. The van der Waals surface area contributed by atoms with Crippen molar-refractivity contribution in [3.63, 3.8) is 0 Å². The molecule has 1 N–H and O–H groups in total. The SMILES string of the molecule is CC1CC(NCC2=CCN(C)CC2)C1. The standard InChI is InChI=1S/C12H22N2/c1-10-7-12(8-10)13-9-11-3-5-14(2)6-4-11/h3,10,12-13H,4-9H2,1-2H3. The third kappa shape index (κ3) is 2.58. The lowest BCUT2D eigenvalue weighted by molar-refractivity contribution is 0.245. The summed E-state index contributed by atoms with van der Waals surface area (Å²) in [6.45, 7) is 5.84. The van der Waals surface area contributed by atoms with Crippen molar-refractivity contribution in [2.45, 2.75) is 32.2 Å². The average molecular weight is 194 g/mol. The number of hydrogen-bond donors (Lipinski definition) is 1. The quantitative estimate of drug-likeness (QED) is 0.687. The molecule has 0 amide bonds. The van der Waals surface area contributed by atoms with Crippen molar-refractivity contribution in [2.24, 2.45) is 5.92 Å². The Bertz CT molecular complexity index is 216. The van der Waals surface area contributed by atoms with Gasteiger partial charge in [0, 0.05) is 25.7 Å². The molecule has 2 heteroatoms. The first kappa shape index (κ1) is 10.2. The second kappa shape index (κ2) is 4.45. The van der Waals surface area contributed by atoms with Crippen molar-refractivity contribution >= 4 is 0 Å². The smallest absolute Gasteiger partial charge is 0.0168 e. The fraction of sp³-hybridized carbons (Fsp3) is 0.833. The Hall–Kier alpha value is -0.340. The molecule has 1 fully saturated rings. The number of nitrogens with one attached hydrogen (secondary N) is 1. The Morgan fingerprint density at radius 3 is 2.86 bits per heavy atom. The number of rotatable bonds is 3. The van der Waals surface area contributed by atoms with E-state index in [4.69, 9.17) is 0 Å². The highest BCUT2D eigenvalue weighted by molar-refractivity contribution is 5.09. The van der Waals surface area contributed by atoms with Gasteiger partial charge in [-0.25, -0.2) is 0 Å². The van der Waals surface area contributed by atoms with Crippen LogP contribution in [-0.4, -0.2) is 37.6 Å². The van der Waals surface area contributed by atoms with Crippen LogP contribution in [0, 0.1) is 5.92 Å². The van der Waals surface area contributed by atoms with Gasteiger partial charge in [0.2, 0.25) is 0 Å². The van der Waals surface area contributed by atoms with Gasteiger partial charge in [0.1, 0.15) is 0 Å². The highest BCUT2D eigenvalue weighted by Gasteiger charge is 2.24. The zero-order chi connectivity index (χ0) is 9.97. The van der Waals surface area contributed by atoms with Gasteiger partial charge in [0.25, 0.3) is 0 Å². The van der Waals surface area contributed by atoms with Crippen molar-refractivity contribution in [2.75, 3.05) is 26.7 Å². The van der Waals surface area contributed by atoms with Gasteiger partial charge in [-0.3, -0.25) is 0 Å². The van der Waals surface area contributed by atoms with Crippen molar-refractivity contribution < 1.29 is 0 Å². The van der Waals surface area contributed by atoms with E-state index in [1.54, 1.807) is 5.57 Å². The topological polar surface area (TPSA) is 15.3 Å². The van der Waals surface area contributed by atoms with E-state index in [0.717, 1.165) is 25.0 Å². The highest BCUT2D eigenvalue weighted by atomic mass is 15.1. The lowest BCUT2D eigenvalue weighted by Gasteiger charge is -2.34. The Labute approximate surface area is 87.4 Å². The molecule has 0 aromatic carbocycles. The molecule has 0 spiro atoms. The molecule has 0 radical (unpaired) electrons. The summed E-state index contributed by atoms with van der Waals surface area (Å²) < 4.78 is 0. The third-order valence-electron chi connectivity index (χ3n) is 3.50. The summed E-state index contributed by atoms with van der Waals surface area (Å²) in [4.78, 5) is 2.37. The molecule has 2 nitrogen and oxygen atoms in total. The summed E-state index contributed by atoms with van der Waals surface area (Å²) in [6.07, 6.45) is 6.41. The Morgan fingerprint density at radius 2 is 2.29 bits per heavy atom. The number of hydrogen-bond acceptors (Lipinski definition) is 2. The fourth-order valence-corrected chi connectivity index (χ4v) is 2.32. The first-order chi connectivity index (χ1) is 6.74. The molecule has 0 atom stereocenters. The molecule has 1 heterocycles. The molecule has 2 aliphatic rings. The molecule has 0 saturated heterocycles. The first-order valence-electron chi connectivity index (χ1n) is 5.84. The molecule has 14 heavy (non-hydrogen) atoms.